The first kappa shape index (κ1) is 12.8. The molecule has 0 bridgehead atoms. The van der Waals surface area contributed by atoms with Crippen LogP contribution in [0.2, 0.25) is 0 Å². The maximum atomic E-state index is 7.27. The van der Waals surface area contributed by atoms with Crippen LogP contribution in [0, 0.1) is 13.1 Å². The molecule has 0 aliphatic heterocycles. The van der Waals surface area contributed by atoms with Gasteiger partial charge in [0.15, 0.2) is 0 Å². The second kappa shape index (κ2) is 11.9. The Kier molecular flexibility index (Phi) is 13.8. The van der Waals surface area contributed by atoms with Gasteiger partial charge < -0.3 is 7.05 Å². The van der Waals surface area contributed by atoms with Gasteiger partial charge in [0.25, 0.3) is 0 Å². The monoisotopic (exact) mass is 330 g/mol. The number of rotatable bonds is 0. The fraction of sp³-hybridized carbons (Fsp3) is 0. The summed E-state index contributed by atoms with van der Waals surface area (Å²) in [4.78, 5) is 2.25. The molecule has 0 heterocycles. The number of hydrogen-bond acceptors (Lipinski definition) is 1. The topological polar surface area (TPSA) is 48.8 Å². The summed E-state index contributed by atoms with van der Waals surface area (Å²) in [7, 11) is 2.81. The van der Waals surface area contributed by atoms with Gasteiger partial charge in [-0.25, -0.2) is 0 Å². The summed E-state index contributed by atoms with van der Waals surface area (Å²) in [5, 5.41) is 2.67. The molecule has 0 amide bonds. The van der Waals surface area contributed by atoms with E-state index in [9.17, 15) is 0 Å². The predicted molar refractivity (Wildman–Crippen MR) is 39.8 cm³/mol. The SMILES string of the molecule is [Au].[CH2-]N=[N+]=[N-].[c-]1ccccc1. The van der Waals surface area contributed by atoms with Crippen LogP contribution in [0.5, 0.6) is 0 Å². The minimum Gasteiger partial charge on any atom is -0.331 e. The van der Waals surface area contributed by atoms with E-state index in [1.54, 1.807) is 0 Å². The Bertz CT molecular complexity index is 167. The number of azide groups is 1. The van der Waals surface area contributed by atoms with Crippen LogP contribution < -0.4 is 0 Å². The molecular formula is C7H7AuN3-2. The van der Waals surface area contributed by atoms with E-state index < -0.39 is 0 Å². The molecule has 0 saturated carbocycles. The van der Waals surface area contributed by atoms with E-state index in [0.717, 1.165) is 0 Å². The Hall–Kier alpha value is -0.860. The van der Waals surface area contributed by atoms with Gasteiger partial charge in [0.2, 0.25) is 0 Å². The average Bonchev–Trinajstić information content (AvgIpc) is 2.08. The van der Waals surface area contributed by atoms with Crippen LogP contribution in [-0.4, -0.2) is 0 Å². The summed E-state index contributed by atoms with van der Waals surface area (Å²) in [6, 6.07) is 12.5. The molecule has 11 heavy (non-hydrogen) atoms. The van der Waals surface area contributed by atoms with Gasteiger partial charge in [-0.3, -0.25) is 5.11 Å². The van der Waals surface area contributed by atoms with Crippen molar-refractivity contribution in [2.45, 2.75) is 0 Å². The fourth-order valence-electron chi connectivity index (χ4n) is 0.342. The van der Waals surface area contributed by atoms with Crippen LogP contribution in [0.15, 0.2) is 35.4 Å². The van der Waals surface area contributed by atoms with Gasteiger partial charge in [0.05, 0.1) is 0 Å². The van der Waals surface area contributed by atoms with E-state index in [0.29, 0.717) is 0 Å². The van der Waals surface area contributed by atoms with Gasteiger partial charge in [-0.1, -0.05) is 0 Å². The van der Waals surface area contributed by atoms with E-state index in [-0.39, 0.29) is 22.4 Å². The molecule has 1 rings (SSSR count). The minimum atomic E-state index is 0. The normalized spacial score (nSPS) is 5.82. The maximum Gasteiger partial charge on any atom is 0 e. The predicted octanol–water partition coefficient (Wildman–Crippen LogP) is 2.57. The quantitative estimate of drug-likeness (QED) is 0.231. The van der Waals surface area contributed by atoms with Gasteiger partial charge in [0, 0.05) is 22.4 Å². The minimum absolute atomic E-state index is 0. The first-order chi connectivity index (χ1) is 4.91. The molecule has 4 heteroatoms. The number of nitrogens with zero attached hydrogens (tertiary/aromatic N) is 3. The standard InChI is InChI=1S/C6H5.CH2N3.Au/c1-2-4-6-5-3-1;1-3-4-2;/h1-5H;1H2;/q2*-1;. The molecule has 0 aromatic heterocycles. The largest absolute Gasteiger partial charge is 0.331 e. The van der Waals surface area contributed by atoms with Crippen molar-refractivity contribution < 1.29 is 22.4 Å². The molecule has 0 fully saturated rings. The van der Waals surface area contributed by atoms with Crippen LogP contribution in [0.25, 0.3) is 10.4 Å². The van der Waals surface area contributed by atoms with Crippen molar-refractivity contribution >= 4 is 0 Å². The Morgan fingerprint density at radius 1 is 1.27 bits per heavy atom. The Labute approximate surface area is 81.6 Å². The number of benzene rings is 1. The Balaban J connectivity index is 0. The summed E-state index contributed by atoms with van der Waals surface area (Å²) in [6.45, 7) is 0. The summed E-state index contributed by atoms with van der Waals surface area (Å²) >= 11 is 0. The molecule has 63 valence electrons. The first-order valence-electron chi connectivity index (χ1n) is 2.63. The van der Waals surface area contributed by atoms with E-state index in [1.165, 1.54) is 0 Å². The zero-order valence-corrected chi connectivity index (χ0v) is 7.90. The third kappa shape index (κ3) is 12.4. The van der Waals surface area contributed by atoms with Gasteiger partial charge in [0.1, 0.15) is 0 Å². The fourth-order valence-corrected chi connectivity index (χ4v) is 0.342. The molecule has 0 atom stereocenters. The van der Waals surface area contributed by atoms with Crippen LogP contribution in [0.4, 0.5) is 0 Å². The Morgan fingerprint density at radius 3 is 1.82 bits per heavy atom. The average molecular weight is 330 g/mol. The van der Waals surface area contributed by atoms with Crippen molar-refractivity contribution in [1.82, 2.24) is 0 Å². The van der Waals surface area contributed by atoms with Crippen molar-refractivity contribution in [3.05, 3.63) is 53.9 Å². The van der Waals surface area contributed by atoms with E-state index >= 15 is 0 Å². The summed E-state index contributed by atoms with van der Waals surface area (Å²) in [6.07, 6.45) is 0. The maximum absolute atomic E-state index is 7.27. The Morgan fingerprint density at radius 2 is 1.73 bits per heavy atom. The number of hydrogen-bond donors (Lipinski definition) is 0. The molecule has 0 saturated heterocycles. The van der Waals surface area contributed by atoms with Crippen molar-refractivity contribution in [2.75, 3.05) is 0 Å². The van der Waals surface area contributed by atoms with Crippen LogP contribution in [0.1, 0.15) is 0 Å². The molecule has 0 spiro atoms. The zero-order valence-electron chi connectivity index (χ0n) is 5.74. The van der Waals surface area contributed by atoms with E-state index in [4.69, 9.17) is 5.53 Å². The molecule has 0 aliphatic rings. The molecule has 0 aliphatic carbocycles. The molecule has 3 nitrogen and oxygen atoms in total. The van der Waals surface area contributed by atoms with Crippen molar-refractivity contribution in [2.24, 2.45) is 5.11 Å². The van der Waals surface area contributed by atoms with Crippen molar-refractivity contribution in [3.8, 4) is 0 Å². The van der Waals surface area contributed by atoms with Crippen molar-refractivity contribution in [1.29, 1.82) is 0 Å². The third-order valence-electron chi connectivity index (χ3n) is 0.670. The van der Waals surface area contributed by atoms with Crippen LogP contribution >= 0.6 is 0 Å². The second-order valence-corrected chi connectivity index (χ2v) is 1.31. The third-order valence-corrected chi connectivity index (χ3v) is 0.670. The van der Waals surface area contributed by atoms with Crippen LogP contribution in [0.3, 0.4) is 0 Å². The van der Waals surface area contributed by atoms with E-state index in [2.05, 4.69) is 23.1 Å². The summed E-state index contributed by atoms with van der Waals surface area (Å²) in [5.41, 5.74) is 7.27. The molecule has 0 unspecified atom stereocenters. The van der Waals surface area contributed by atoms with Gasteiger partial charge in [-0.2, -0.15) is 36.4 Å². The molecule has 1 radical (unpaired) electrons. The molecule has 0 N–H and O–H groups in total. The second-order valence-electron chi connectivity index (χ2n) is 1.31. The summed E-state index contributed by atoms with van der Waals surface area (Å²) < 4.78 is 0. The van der Waals surface area contributed by atoms with Gasteiger partial charge >= 0.3 is 0 Å². The van der Waals surface area contributed by atoms with Gasteiger partial charge in [-0.15, -0.1) is 0 Å². The summed E-state index contributed by atoms with van der Waals surface area (Å²) in [5.74, 6) is 0. The zero-order chi connectivity index (χ0) is 7.66. The smallest absolute Gasteiger partial charge is 0 e. The molecular weight excluding hydrogens is 323 g/mol. The first-order valence-corrected chi connectivity index (χ1v) is 2.63. The van der Waals surface area contributed by atoms with Crippen LogP contribution in [-0.2, 0) is 22.4 Å². The van der Waals surface area contributed by atoms with Gasteiger partial charge in [-0.05, 0) is 10.4 Å². The molecule has 1 aromatic rings. The molecule has 1 aromatic carbocycles. The van der Waals surface area contributed by atoms with E-state index in [1.807, 2.05) is 30.3 Å². The van der Waals surface area contributed by atoms with Crippen molar-refractivity contribution in [3.63, 3.8) is 0 Å².